The zero-order valence-corrected chi connectivity index (χ0v) is 15.1. The van der Waals surface area contributed by atoms with Crippen LogP contribution < -0.4 is 10.2 Å². The summed E-state index contributed by atoms with van der Waals surface area (Å²) in [6.07, 6.45) is 2.28. The molecule has 0 saturated carbocycles. The van der Waals surface area contributed by atoms with Crippen LogP contribution in [0.5, 0.6) is 0 Å². The molecule has 2 nitrogen and oxygen atoms in total. The molecule has 0 aromatic heterocycles. The van der Waals surface area contributed by atoms with E-state index in [9.17, 15) is 0 Å². The van der Waals surface area contributed by atoms with Crippen molar-refractivity contribution in [1.82, 2.24) is 5.32 Å². The van der Waals surface area contributed by atoms with Crippen molar-refractivity contribution >= 4 is 40.5 Å². The molecule has 5 heteroatoms. The maximum absolute atomic E-state index is 6.37. The monoisotopic (exact) mass is 348 g/mol. The van der Waals surface area contributed by atoms with Crippen LogP contribution >= 0.6 is 34.8 Å². The molecule has 0 radical (unpaired) electrons. The minimum Gasteiger partial charge on any atom is -0.367 e. The number of hydrogen-bond donors (Lipinski definition) is 1. The van der Waals surface area contributed by atoms with Crippen molar-refractivity contribution in [2.24, 2.45) is 5.92 Å². The average Bonchev–Trinajstić information content (AvgIpc) is 2.45. The first kappa shape index (κ1) is 17.2. The van der Waals surface area contributed by atoms with Gasteiger partial charge < -0.3 is 10.2 Å². The van der Waals surface area contributed by atoms with E-state index in [4.69, 9.17) is 34.8 Å². The van der Waals surface area contributed by atoms with E-state index >= 15 is 0 Å². The van der Waals surface area contributed by atoms with E-state index in [1.54, 1.807) is 6.07 Å². The molecule has 1 saturated heterocycles. The molecule has 0 aliphatic carbocycles. The van der Waals surface area contributed by atoms with Crippen LogP contribution in [0.3, 0.4) is 0 Å². The first-order valence-corrected chi connectivity index (χ1v) is 8.73. The highest BCUT2D eigenvalue weighted by Gasteiger charge is 2.33. The minimum atomic E-state index is 0.405. The summed E-state index contributed by atoms with van der Waals surface area (Å²) in [4.78, 5) is 2.35. The summed E-state index contributed by atoms with van der Waals surface area (Å²) in [7, 11) is 0. The van der Waals surface area contributed by atoms with Crippen LogP contribution in [-0.4, -0.2) is 25.2 Å². The summed E-state index contributed by atoms with van der Waals surface area (Å²) in [5, 5.41) is 5.38. The van der Waals surface area contributed by atoms with Crippen LogP contribution in [0.1, 0.15) is 33.6 Å². The molecular weight excluding hydrogens is 327 g/mol. The molecule has 1 aliphatic heterocycles. The Morgan fingerprint density at radius 2 is 1.81 bits per heavy atom. The number of hydrogen-bond acceptors (Lipinski definition) is 2. The Morgan fingerprint density at radius 3 is 2.48 bits per heavy atom. The van der Waals surface area contributed by atoms with Crippen molar-refractivity contribution in [3.8, 4) is 0 Å². The van der Waals surface area contributed by atoms with E-state index in [1.165, 1.54) is 6.42 Å². The van der Waals surface area contributed by atoms with Crippen LogP contribution in [0.25, 0.3) is 0 Å². The van der Waals surface area contributed by atoms with Gasteiger partial charge in [0.1, 0.15) is 0 Å². The molecule has 1 aromatic carbocycles. The van der Waals surface area contributed by atoms with E-state index in [-0.39, 0.29) is 0 Å². The smallest absolute Gasteiger partial charge is 0.0655 e. The number of piperidine rings is 1. The summed E-state index contributed by atoms with van der Waals surface area (Å²) in [5.74, 6) is 0.552. The molecule has 1 aliphatic rings. The first-order chi connectivity index (χ1) is 9.95. The Balaban J connectivity index is 2.17. The van der Waals surface area contributed by atoms with E-state index in [0.29, 0.717) is 33.1 Å². The Hall–Kier alpha value is -0.150. The molecule has 0 spiro atoms. The molecule has 3 atom stereocenters. The molecule has 2 rings (SSSR count). The third-order valence-electron chi connectivity index (χ3n) is 4.52. The van der Waals surface area contributed by atoms with Gasteiger partial charge in [-0.25, -0.2) is 0 Å². The van der Waals surface area contributed by atoms with Gasteiger partial charge in [0.05, 0.1) is 20.8 Å². The number of nitrogens with one attached hydrogen (secondary N) is 1. The number of rotatable bonds is 4. The van der Waals surface area contributed by atoms with Gasteiger partial charge in [0.15, 0.2) is 0 Å². The van der Waals surface area contributed by atoms with Crippen molar-refractivity contribution in [3.63, 3.8) is 0 Å². The molecule has 0 bridgehead atoms. The van der Waals surface area contributed by atoms with Crippen molar-refractivity contribution in [1.29, 1.82) is 0 Å². The topological polar surface area (TPSA) is 15.3 Å². The molecule has 1 fully saturated rings. The minimum absolute atomic E-state index is 0.405. The largest absolute Gasteiger partial charge is 0.367 e. The molecule has 118 valence electrons. The summed E-state index contributed by atoms with van der Waals surface area (Å²) in [5.41, 5.74) is 0.986. The Labute approximate surface area is 142 Å². The quantitative estimate of drug-likeness (QED) is 0.747. The summed E-state index contributed by atoms with van der Waals surface area (Å²) in [6, 6.07) is 4.59. The highest BCUT2D eigenvalue weighted by molar-refractivity contribution is 6.44. The lowest BCUT2D eigenvalue weighted by molar-refractivity contribution is 0.271. The lowest BCUT2D eigenvalue weighted by atomic mass is 9.86. The van der Waals surface area contributed by atoms with E-state index < -0.39 is 0 Å². The number of benzene rings is 1. The number of halogens is 3. The lowest BCUT2D eigenvalue weighted by Crippen LogP contribution is -2.53. The molecule has 1 N–H and O–H groups in total. The Bertz CT molecular complexity index is 493. The van der Waals surface area contributed by atoms with Gasteiger partial charge in [-0.3, -0.25) is 0 Å². The summed E-state index contributed by atoms with van der Waals surface area (Å²) < 4.78 is 0. The molecule has 0 amide bonds. The van der Waals surface area contributed by atoms with Crippen molar-refractivity contribution in [3.05, 3.63) is 27.2 Å². The number of anilines is 1. The standard InChI is InChI=1S/C16H23Cl3N2/c1-4-6-20-15-5-7-21(11(3)10(15)2)16-9-13(18)12(17)8-14(16)19/h8-11,15,20H,4-7H2,1-3H3. The fourth-order valence-electron chi connectivity index (χ4n) is 3.05. The van der Waals surface area contributed by atoms with Crippen molar-refractivity contribution < 1.29 is 0 Å². The highest BCUT2D eigenvalue weighted by atomic mass is 35.5. The van der Waals surface area contributed by atoms with Crippen LogP contribution in [0.15, 0.2) is 12.1 Å². The van der Waals surface area contributed by atoms with Gasteiger partial charge in [0, 0.05) is 18.6 Å². The Morgan fingerprint density at radius 1 is 1.14 bits per heavy atom. The zero-order valence-electron chi connectivity index (χ0n) is 12.8. The van der Waals surface area contributed by atoms with E-state index in [2.05, 4.69) is 31.0 Å². The van der Waals surface area contributed by atoms with Gasteiger partial charge in [-0.1, -0.05) is 48.7 Å². The average molecular weight is 350 g/mol. The lowest BCUT2D eigenvalue weighted by Gasteiger charge is -2.44. The fourth-order valence-corrected chi connectivity index (χ4v) is 3.70. The van der Waals surface area contributed by atoms with Crippen LogP contribution in [0.2, 0.25) is 15.1 Å². The van der Waals surface area contributed by atoms with Crippen LogP contribution in [0, 0.1) is 5.92 Å². The summed E-state index contributed by atoms with van der Waals surface area (Å²) in [6.45, 7) is 8.81. The van der Waals surface area contributed by atoms with Gasteiger partial charge >= 0.3 is 0 Å². The second-order valence-electron chi connectivity index (χ2n) is 5.86. The van der Waals surface area contributed by atoms with E-state index in [1.807, 2.05) is 6.07 Å². The van der Waals surface area contributed by atoms with Gasteiger partial charge in [-0.05, 0) is 44.4 Å². The Kier molecular flexibility index (Phi) is 6.07. The van der Waals surface area contributed by atoms with Crippen molar-refractivity contribution in [2.75, 3.05) is 18.0 Å². The highest BCUT2D eigenvalue weighted by Crippen LogP contribution is 2.38. The first-order valence-electron chi connectivity index (χ1n) is 7.60. The maximum atomic E-state index is 6.37. The predicted octanol–water partition coefficient (Wildman–Crippen LogP) is 5.25. The number of nitrogens with zero attached hydrogens (tertiary/aromatic N) is 1. The maximum Gasteiger partial charge on any atom is 0.0655 e. The SMILES string of the molecule is CCCNC1CCN(c2cc(Cl)c(Cl)cc2Cl)C(C)C1C. The van der Waals surface area contributed by atoms with Gasteiger partial charge in [-0.15, -0.1) is 0 Å². The fraction of sp³-hybridized carbons (Fsp3) is 0.625. The normalized spacial score (nSPS) is 26.2. The molecule has 21 heavy (non-hydrogen) atoms. The second-order valence-corrected chi connectivity index (χ2v) is 7.08. The molecule has 1 heterocycles. The van der Waals surface area contributed by atoms with Gasteiger partial charge in [0.2, 0.25) is 0 Å². The third kappa shape index (κ3) is 3.79. The molecule has 1 aromatic rings. The van der Waals surface area contributed by atoms with Crippen molar-refractivity contribution in [2.45, 2.75) is 45.7 Å². The van der Waals surface area contributed by atoms with Crippen LogP contribution in [-0.2, 0) is 0 Å². The molecular formula is C16H23Cl3N2. The third-order valence-corrected chi connectivity index (χ3v) is 5.55. The van der Waals surface area contributed by atoms with Gasteiger partial charge in [-0.2, -0.15) is 0 Å². The molecule has 3 unspecified atom stereocenters. The van der Waals surface area contributed by atoms with E-state index in [0.717, 1.165) is 25.2 Å². The summed E-state index contributed by atoms with van der Waals surface area (Å²) >= 11 is 18.5. The van der Waals surface area contributed by atoms with Crippen LogP contribution in [0.4, 0.5) is 5.69 Å². The second kappa shape index (κ2) is 7.41. The van der Waals surface area contributed by atoms with Gasteiger partial charge in [0.25, 0.3) is 0 Å². The zero-order chi connectivity index (χ0) is 15.6. The predicted molar refractivity (Wildman–Crippen MR) is 94.1 cm³/mol.